The van der Waals surface area contributed by atoms with Gasteiger partial charge in [0, 0.05) is 6.20 Å². The van der Waals surface area contributed by atoms with Gasteiger partial charge in [0.15, 0.2) is 21.7 Å². The highest BCUT2D eigenvalue weighted by Crippen LogP contribution is 2.05. The van der Waals surface area contributed by atoms with Gasteiger partial charge in [0.25, 0.3) is 0 Å². The van der Waals surface area contributed by atoms with Crippen LogP contribution in [0.4, 0.5) is 9.18 Å². The topological polar surface area (TPSA) is 111 Å². The van der Waals surface area contributed by atoms with Gasteiger partial charge in [-0.1, -0.05) is 0 Å². The summed E-state index contributed by atoms with van der Waals surface area (Å²) in [5.74, 6) is 0. The maximum Gasteiger partial charge on any atom is 0.440 e. The Kier molecular flexibility index (Phi) is 2.81. The Bertz CT molecular complexity index is 461. The van der Waals surface area contributed by atoms with Crippen molar-refractivity contribution in [2.75, 3.05) is 0 Å². The average Bonchev–Trinajstić information content (AvgIpc) is 2.49. The number of hydrogen-bond donors (Lipinski definition) is 2. The molecule has 0 aliphatic heterocycles. The predicted octanol–water partition coefficient (Wildman–Crippen LogP) is 0.189. The van der Waals surface area contributed by atoms with Crippen molar-refractivity contribution in [3.8, 4) is 0 Å². The van der Waals surface area contributed by atoms with Crippen LogP contribution >= 0.6 is 0 Å². The maximum absolute atomic E-state index is 12.0. The van der Waals surface area contributed by atoms with E-state index in [0.717, 1.165) is 10.7 Å². The minimum Gasteiger partial charge on any atom is -0.463 e. The van der Waals surface area contributed by atoms with Gasteiger partial charge in [-0.05, 0) is 6.07 Å². The summed E-state index contributed by atoms with van der Waals surface area (Å²) in [5.41, 5.74) is 0. The van der Waals surface area contributed by atoms with Crippen molar-refractivity contribution in [3.05, 3.63) is 12.3 Å². The molecule has 0 radical (unpaired) electrons. The minimum absolute atomic E-state index is 0.266. The van der Waals surface area contributed by atoms with Crippen LogP contribution in [-0.2, 0) is 16.7 Å². The van der Waals surface area contributed by atoms with Crippen LogP contribution in [0.25, 0.3) is 0 Å². The first kappa shape index (κ1) is 10.6. The molecular formula is C5H7FN4O3S. The zero-order valence-electron chi connectivity index (χ0n) is 6.83. The van der Waals surface area contributed by atoms with E-state index < -0.39 is 22.8 Å². The molecule has 0 aromatic carbocycles. The van der Waals surface area contributed by atoms with E-state index in [-0.39, 0.29) is 5.03 Å². The van der Waals surface area contributed by atoms with Crippen LogP contribution < -0.4 is 5.14 Å². The Labute approximate surface area is 78.6 Å². The number of carbonyl (C=O) groups is 1. The van der Waals surface area contributed by atoms with Crippen LogP contribution in [0.3, 0.4) is 0 Å². The molecule has 0 aliphatic rings. The number of amides is 1. The molecule has 0 unspecified atom stereocenters. The fourth-order valence-electron chi connectivity index (χ4n) is 0.728. The summed E-state index contributed by atoms with van der Waals surface area (Å²) in [6.07, 6.45) is -0.480. The second kappa shape index (κ2) is 3.72. The number of halogens is 1. The summed E-state index contributed by atoms with van der Waals surface area (Å²) < 4.78 is 26.9. The van der Waals surface area contributed by atoms with Crippen LogP contribution in [0, 0.1) is 0 Å². The standard InChI is InChI=1S/C5H7FN4O3S/c6-3-10-2-1-4(8-10)14(7,13)9-5(11)12/h1-2H,3H2,(H,11,12)(H2,7,9,13)/t14-/m0/s1. The van der Waals surface area contributed by atoms with E-state index >= 15 is 0 Å². The van der Waals surface area contributed by atoms with E-state index in [1.165, 1.54) is 6.20 Å². The van der Waals surface area contributed by atoms with Crippen LogP contribution in [0.15, 0.2) is 21.7 Å². The molecule has 9 heteroatoms. The number of aromatic nitrogens is 2. The molecule has 1 heterocycles. The van der Waals surface area contributed by atoms with Crippen LogP contribution in [0.5, 0.6) is 0 Å². The molecule has 1 rings (SSSR count). The van der Waals surface area contributed by atoms with E-state index in [1.807, 2.05) is 0 Å². The van der Waals surface area contributed by atoms with Crippen molar-refractivity contribution in [1.29, 1.82) is 0 Å². The first-order chi connectivity index (χ1) is 6.45. The Hall–Kier alpha value is -1.48. The molecule has 1 amide bonds. The smallest absolute Gasteiger partial charge is 0.440 e. The third-order valence-electron chi connectivity index (χ3n) is 1.25. The highest BCUT2D eigenvalue weighted by atomic mass is 32.2. The van der Waals surface area contributed by atoms with Crippen molar-refractivity contribution < 1.29 is 18.5 Å². The molecule has 3 N–H and O–H groups in total. The first-order valence-electron chi connectivity index (χ1n) is 3.33. The molecular weight excluding hydrogens is 215 g/mol. The molecule has 0 spiro atoms. The van der Waals surface area contributed by atoms with Crippen LogP contribution in [-0.4, -0.2) is 25.2 Å². The first-order valence-corrected chi connectivity index (χ1v) is 4.91. The summed E-state index contributed by atoms with van der Waals surface area (Å²) in [6, 6.07) is 1.15. The molecule has 1 atom stereocenters. The van der Waals surface area contributed by atoms with Crippen molar-refractivity contribution in [3.63, 3.8) is 0 Å². The molecule has 0 bridgehead atoms. The van der Waals surface area contributed by atoms with Gasteiger partial charge in [-0.15, -0.1) is 4.36 Å². The highest BCUT2D eigenvalue weighted by Gasteiger charge is 2.12. The van der Waals surface area contributed by atoms with E-state index in [1.54, 1.807) is 0 Å². The van der Waals surface area contributed by atoms with Crippen molar-refractivity contribution >= 4 is 16.0 Å². The quantitative estimate of drug-likeness (QED) is 0.743. The van der Waals surface area contributed by atoms with Crippen LogP contribution in [0.1, 0.15) is 0 Å². The Balaban J connectivity index is 3.16. The largest absolute Gasteiger partial charge is 0.463 e. The second-order valence-electron chi connectivity index (χ2n) is 2.26. The fourth-order valence-corrected chi connectivity index (χ4v) is 1.53. The Morgan fingerprint density at radius 1 is 1.86 bits per heavy atom. The van der Waals surface area contributed by atoms with Gasteiger partial charge in [-0.25, -0.2) is 23.2 Å². The molecule has 7 nitrogen and oxygen atoms in total. The fraction of sp³-hybridized carbons (Fsp3) is 0.200. The molecule has 1 aromatic rings. The maximum atomic E-state index is 12.0. The molecule has 0 saturated heterocycles. The number of nitrogens with zero attached hydrogens (tertiary/aromatic N) is 3. The number of nitrogens with two attached hydrogens (primary N) is 1. The zero-order chi connectivity index (χ0) is 10.8. The molecule has 14 heavy (non-hydrogen) atoms. The molecule has 0 fully saturated rings. The summed E-state index contributed by atoms with van der Waals surface area (Å²) >= 11 is 0. The summed E-state index contributed by atoms with van der Waals surface area (Å²) in [6.45, 7) is -0.914. The number of alkyl halides is 1. The van der Waals surface area contributed by atoms with E-state index in [9.17, 15) is 13.4 Å². The lowest BCUT2D eigenvalue weighted by atomic mass is 10.7. The molecule has 1 aromatic heterocycles. The summed E-state index contributed by atoms with van der Waals surface area (Å²) in [7, 11) is -3.57. The monoisotopic (exact) mass is 222 g/mol. The van der Waals surface area contributed by atoms with Crippen molar-refractivity contribution in [2.24, 2.45) is 9.50 Å². The van der Waals surface area contributed by atoms with Crippen molar-refractivity contribution in [2.45, 2.75) is 11.8 Å². The van der Waals surface area contributed by atoms with E-state index in [4.69, 9.17) is 10.2 Å². The lowest BCUT2D eigenvalue weighted by Crippen LogP contribution is -2.15. The second-order valence-corrected chi connectivity index (χ2v) is 3.99. The lowest BCUT2D eigenvalue weighted by molar-refractivity contribution is 0.206. The summed E-state index contributed by atoms with van der Waals surface area (Å²) in [5, 5.41) is 16.5. The van der Waals surface area contributed by atoms with Gasteiger partial charge in [-0.2, -0.15) is 5.10 Å². The highest BCUT2D eigenvalue weighted by molar-refractivity contribution is 7.91. The zero-order valence-corrected chi connectivity index (χ0v) is 7.65. The van der Waals surface area contributed by atoms with Crippen LogP contribution in [0.2, 0.25) is 0 Å². The SMILES string of the molecule is N[S@](=O)(=NC(=O)O)c1ccn(CF)n1. The minimum atomic E-state index is -3.57. The normalized spacial score (nSPS) is 14.7. The molecule has 0 saturated carbocycles. The van der Waals surface area contributed by atoms with Gasteiger partial charge in [0.2, 0.25) is 0 Å². The third kappa shape index (κ3) is 2.26. The van der Waals surface area contributed by atoms with E-state index in [0.29, 0.717) is 0 Å². The summed E-state index contributed by atoms with van der Waals surface area (Å²) in [4.78, 5) is 10.1. The molecule has 78 valence electrons. The van der Waals surface area contributed by atoms with Gasteiger partial charge in [0.1, 0.15) is 0 Å². The number of carboxylic acid groups (broad SMARTS) is 1. The van der Waals surface area contributed by atoms with Gasteiger partial charge in [0.05, 0.1) is 0 Å². The van der Waals surface area contributed by atoms with Crippen molar-refractivity contribution in [1.82, 2.24) is 9.78 Å². The number of rotatable bonds is 2. The molecule has 0 aliphatic carbocycles. The van der Waals surface area contributed by atoms with E-state index in [2.05, 4.69) is 9.46 Å². The van der Waals surface area contributed by atoms with Gasteiger partial charge >= 0.3 is 6.09 Å². The van der Waals surface area contributed by atoms with Gasteiger partial charge < -0.3 is 5.11 Å². The van der Waals surface area contributed by atoms with Gasteiger partial charge in [-0.3, -0.25) is 0 Å². The Morgan fingerprint density at radius 2 is 2.50 bits per heavy atom. The average molecular weight is 222 g/mol. The predicted molar refractivity (Wildman–Crippen MR) is 44.4 cm³/mol. The third-order valence-corrected chi connectivity index (χ3v) is 2.50. The number of hydrogen-bond acceptors (Lipinski definition) is 3. The Morgan fingerprint density at radius 3 is 2.93 bits per heavy atom. The lowest BCUT2D eigenvalue weighted by Gasteiger charge is -1.96.